The van der Waals surface area contributed by atoms with Crippen molar-refractivity contribution in [2.45, 2.75) is 32.4 Å². The Kier molecular flexibility index (Phi) is 5.81. The largest absolute Gasteiger partial charge is 0.381 e. The number of carbonyl (C=O) groups is 1. The first-order chi connectivity index (χ1) is 17.3. The molecule has 1 fully saturated rings. The molecule has 1 atom stereocenters. The standard InChI is InChI=1S/C25H25N9O2/c1-16-12-32(6-7-33(16)24(35)25(2,3)36)22-21-19(18-10-27-14-28-11-18)13-34(23(21)31-15-30-22)20-8-17(9-26)4-5-29-20/h4-5,8,10-11,13-16,36H,6-7,12H2,1-3H3. The van der Waals surface area contributed by atoms with Crippen LogP contribution >= 0.6 is 0 Å². The molecule has 182 valence electrons. The van der Waals surface area contributed by atoms with Gasteiger partial charge in [0.05, 0.1) is 17.0 Å². The first-order valence-corrected chi connectivity index (χ1v) is 11.5. The molecule has 1 unspecified atom stereocenters. The number of aromatic nitrogens is 6. The van der Waals surface area contributed by atoms with Crippen molar-refractivity contribution < 1.29 is 9.90 Å². The Balaban J connectivity index is 1.63. The third-order valence-electron chi connectivity index (χ3n) is 6.27. The van der Waals surface area contributed by atoms with Crippen molar-refractivity contribution in [2.75, 3.05) is 24.5 Å². The predicted molar refractivity (Wildman–Crippen MR) is 132 cm³/mol. The molecule has 11 nitrogen and oxygen atoms in total. The molecule has 4 aromatic rings. The number of pyridine rings is 1. The van der Waals surface area contributed by atoms with Gasteiger partial charge < -0.3 is 14.9 Å². The number of hydrogen-bond donors (Lipinski definition) is 1. The first kappa shape index (κ1) is 23.3. The summed E-state index contributed by atoms with van der Waals surface area (Å²) in [6, 6.07) is 5.37. The van der Waals surface area contributed by atoms with E-state index in [1.54, 1.807) is 35.6 Å². The van der Waals surface area contributed by atoms with Crippen LogP contribution in [0.3, 0.4) is 0 Å². The zero-order valence-electron chi connectivity index (χ0n) is 20.2. The van der Waals surface area contributed by atoms with Gasteiger partial charge in [0.15, 0.2) is 5.65 Å². The topological polar surface area (TPSA) is 137 Å². The zero-order chi connectivity index (χ0) is 25.4. The number of carbonyl (C=O) groups excluding carboxylic acids is 1. The Hall–Kier alpha value is -4.43. The summed E-state index contributed by atoms with van der Waals surface area (Å²) in [5.74, 6) is 0.983. The number of piperazine rings is 1. The lowest BCUT2D eigenvalue weighted by molar-refractivity contribution is -0.150. The maximum atomic E-state index is 12.7. The fourth-order valence-corrected chi connectivity index (χ4v) is 4.54. The minimum Gasteiger partial charge on any atom is -0.381 e. The first-order valence-electron chi connectivity index (χ1n) is 11.5. The lowest BCUT2D eigenvalue weighted by atomic mass is 10.0. The molecule has 0 spiro atoms. The Bertz CT molecular complexity index is 1470. The van der Waals surface area contributed by atoms with Crippen molar-refractivity contribution in [1.82, 2.24) is 34.4 Å². The van der Waals surface area contributed by atoms with E-state index in [9.17, 15) is 15.2 Å². The Morgan fingerprint density at radius 1 is 1.17 bits per heavy atom. The van der Waals surface area contributed by atoms with Gasteiger partial charge in [-0.15, -0.1) is 0 Å². The zero-order valence-corrected chi connectivity index (χ0v) is 20.2. The molecule has 1 saturated heterocycles. The molecule has 5 heterocycles. The molecule has 11 heteroatoms. The molecule has 36 heavy (non-hydrogen) atoms. The van der Waals surface area contributed by atoms with Crippen LogP contribution in [0.25, 0.3) is 28.0 Å². The summed E-state index contributed by atoms with van der Waals surface area (Å²) >= 11 is 0. The highest BCUT2D eigenvalue weighted by atomic mass is 16.3. The van der Waals surface area contributed by atoms with Crippen LogP contribution < -0.4 is 4.90 Å². The Morgan fingerprint density at radius 2 is 1.94 bits per heavy atom. The lowest BCUT2D eigenvalue weighted by Crippen LogP contribution is -2.58. The molecule has 4 aromatic heterocycles. The number of rotatable bonds is 4. The molecular weight excluding hydrogens is 458 g/mol. The van der Waals surface area contributed by atoms with Crippen molar-refractivity contribution in [3.05, 3.63) is 55.1 Å². The SMILES string of the molecule is CC1CN(c2ncnc3c2c(-c2cncnc2)cn3-c2cc(C#N)ccn2)CCN1C(=O)C(C)(C)O. The van der Waals surface area contributed by atoms with Crippen LogP contribution in [0, 0.1) is 11.3 Å². The fourth-order valence-electron chi connectivity index (χ4n) is 4.54. The number of aliphatic hydroxyl groups is 1. The molecule has 0 bridgehead atoms. The van der Waals surface area contributed by atoms with Crippen molar-refractivity contribution in [2.24, 2.45) is 0 Å². The lowest BCUT2D eigenvalue weighted by Gasteiger charge is -2.42. The molecule has 0 aromatic carbocycles. The van der Waals surface area contributed by atoms with Crippen molar-refractivity contribution in [1.29, 1.82) is 5.26 Å². The second-order valence-corrected chi connectivity index (χ2v) is 9.30. The van der Waals surface area contributed by atoms with E-state index in [4.69, 9.17) is 0 Å². The number of amides is 1. The second-order valence-electron chi connectivity index (χ2n) is 9.30. The summed E-state index contributed by atoms with van der Waals surface area (Å²) in [6.07, 6.45) is 9.93. The molecule has 1 aliphatic rings. The van der Waals surface area contributed by atoms with Gasteiger partial charge in [-0.05, 0) is 32.9 Å². The molecule has 0 radical (unpaired) electrons. The van der Waals surface area contributed by atoms with E-state index < -0.39 is 5.60 Å². The molecule has 0 aliphatic carbocycles. The van der Waals surface area contributed by atoms with Gasteiger partial charge in [0.1, 0.15) is 29.9 Å². The second kappa shape index (κ2) is 8.98. The number of nitriles is 1. The van der Waals surface area contributed by atoms with Crippen LogP contribution in [0.4, 0.5) is 5.82 Å². The summed E-state index contributed by atoms with van der Waals surface area (Å²) in [5, 5.41) is 20.4. The van der Waals surface area contributed by atoms with Gasteiger partial charge in [-0.3, -0.25) is 9.36 Å². The van der Waals surface area contributed by atoms with Gasteiger partial charge in [0, 0.05) is 61.6 Å². The van der Waals surface area contributed by atoms with Crippen molar-refractivity contribution in [3.8, 4) is 23.0 Å². The number of nitrogens with zero attached hydrogens (tertiary/aromatic N) is 9. The number of anilines is 1. The van der Waals surface area contributed by atoms with Crippen LogP contribution in [-0.4, -0.2) is 76.7 Å². The van der Waals surface area contributed by atoms with Gasteiger partial charge in [0.25, 0.3) is 5.91 Å². The van der Waals surface area contributed by atoms with Crippen LogP contribution in [0.15, 0.2) is 49.6 Å². The smallest absolute Gasteiger partial charge is 0.254 e. The number of hydrogen-bond acceptors (Lipinski definition) is 9. The summed E-state index contributed by atoms with van der Waals surface area (Å²) in [7, 11) is 0. The van der Waals surface area contributed by atoms with Crippen LogP contribution in [0.2, 0.25) is 0 Å². The molecule has 0 saturated carbocycles. The van der Waals surface area contributed by atoms with Gasteiger partial charge in [-0.25, -0.2) is 24.9 Å². The summed E-state index contributed by atoms with van der Waals surface area (Å²) in [4.78, 5) is 38.6. The van der Waals surface area contributed by atoms with E-state index in [0.717, 1.165) is 22.3 Å². The summed E-state index contributed by atoms with van der Waals surface area (Å²) in [5.41, 5.74) is 1.30. The van der Waals surface area contributed by atoms with Crippen LogP contribution in [0.1, 0.15) is 26.3 Å². The van der Waals surface area contributed by atoms with Gasteiger partial charge >= 0.3 is 0 Å². The van der Waals surface area contributed by atoms with Crippen molar-refractivity contribution >= 4 is 22.8 Å². The van der Waals surface area contributed by atoms with Gasteiger partial charge in [-0.2, -0.15) is 5.26 Å². The van der Waals surface area contributed by atoms with Crippen LogP contribution in [0.5, 0.6) is 0 Å². The van der Waals surface area contributed by atoms with E-state index in [1.807, 2.05) is 17.7 Å². The highest BCUT2D eigenvalue weighted by Crippen LogP contribution is 2.36. The van der Waals surface area contributed by atoms with E-state index in [1.165, 1.54) is 26.5 Å². The highest BCUT2D eigenvalue weighted by Gasteiger charge is 2.36. The van der Waals surface area contributed by atoms with E-state index in [0.29, 0.717) is 36.7 Å². The molecule has 1 aliphatic heterocycles. The maximum Gasteiger partial charge on any atom is 0.254 e. The average Bonchev–Trinajstić information content (AvgIpc) is 3.28. The van der Waals surface area contributed by atoms with Gasteiger partial charge in [0.2, 0.25) is 0 Å². The molecular formula is C25H25N9O2. The van der Waals surface area contributed by atoms with Gasteiger partial charge in [-0.1, -0.05) is 0 Å². The summed E-state index contributed by atoms with van der Waals surface area (Å²) in [6.45, 7) is 6.50. The molecule has 1 N–H and O–H groups in total. The highest BCUT2D eigenvalue weighted by molar-refractivity contribution is 6.02. The van der Waals surface area contributed by atoms with E-state index in [2.05, 4.69) is 35.9 Å². The predicted octanol–water partition coefficient (Wildman–Crippen LogP) is 1.95. The third kappa shape index (κ3) is 4.12. The third-order valence-corrected chi connectivity index (χ3v) is 6.27. The minimum absolute atomic E-state index is 0.137. The molecule has 1 amide bonds. The Morgan fingerprint density at radius 3 is 2.64 bits per heavy atom. The summed E-state index contributed by atoms with van der Waals surface area (Å²) < 4.78 is 1.83. The fraction of sp³-hybridized carbons (Fsp3) is 0.320. The minimum atomic E-state index is -1.43. The van der Waals surface area contributed by atoms with Crippen molar-refractivity contribution in [3.63, 3.8) is 0 Å². The van der Waals surface area contributed by atoms with E-state index in [-0.39, 0.29) is 11.9 Å². The quantitative estimate of drug-likeness (QED) is 0.462. The normalized spacial score (nSPS) is 16.2. The molecule has 5 rings (SSSR count). The average molecular weight is 484 g/mol. The maximum absolute atomic E-state index is 12.7. The van der Waals surface area contributed by atoms with Crippen LogP contribution in [-0.2, 0) is 4.79 Å². The number of fused-ring (bicyclic) bond motifs is 1. The van der Waals surface area contributed by atoms with E-state index >= 15 is 0 Å². The Labute approximate surface area is 207 Å². The monoisotopic (exact) mass is 483 g/mol.